The lowest BCUT2D eigenvalue weighted by atomic mass is 9.99. The molecule has 1 aromatic carbocycles. The number of anilines is 1. The first-order valence-corrected chi connectivity index (χ1v) is 7.02. The predicted molar refractivity (Wildman–Crippen MR) is 87.0 cm³/mol. The summed E-state index contributed by atoms with van der Waals surface area (Å²) in [6.07, 6.45) is 0. The van der Waals surface area contributed by atoms with E-state index in [0.29, 0.717) is 22.5 Å². The van der Waals surface area contributed by atoms with Gasteiger partial charge in [-0.25, -0.2) is 5.01 Å². The lowest BCUT2D eigenvalue weighted by Crippen LogP contribution is -2.25. The SMILES string of the molecule is CCNc1ccc(C(C#N)=C2C(=O)N(C)N=C2N(C)C)cc1. The molecule has 2 rings (SSSR count). The van der Waals surface area contributed by atoms with Gasteiger partial charge < -0.3 is 10.2 Å². The summed E-state index contributed by atoms with van der Waals surface area (Å²) in [6.45, 7) is 2.84. The van der Waals surface area contributed by atoms with Crippen molar-refractivity contribution >= 4 is 23.0 Å². The molecule has 1 aromatic rings. The number of carbonyl (C=O) groups is 1. The van der Waals surface area contributed by atoms with Gasteiger partial charge >= 0.3 is 0 Å². The van der Waals surface area contributed by atoms with Gasteiger partial charge in [0.05, 0.1) is 5.57 Å². The fraction of sp³-hybridized carbons (Fsp3) is 0.312. The van der Waals surface area contributed by atoms with E-state index in [1.54, 1.807) is 26.0 Å². The largest absolute Gasteiger partial charge is 0.385 e. The number of hydrazone groups is 1. The summed E-state index contributed by atoms with van der Waals surface area (Å²) < 4.78 is 0. The summed E-state index contributed by atoms with van der Waals surface area (Å²) in [5.41, 5.74) is 2.36. The number of carbonyl (C=O) groups excluding carboxylic acids is 1. The summed E-state index contributed by atoms with van der Waals surface area (Å²) in [6, 6.07) is 9.61. The van der Waals surface area contributed by atoms with Crippen molar-refractivity contribution < 1.29 is 4.79 Å². The molecule has 0 radical (unpaired) electrons. The molecule has 114 valence electrons. The lowest BCUT2D eigenvalue weighted by molar-refractivity contribution is -0.124. The molecule has 6 nitrogen and oxygen atoms in total. The van der Waals surface area contributed by atoms with Crippen LogP contribution in [0.1, 0.15) is 12.5 Å². The minimum Gasteiger partial charge on any atom is -0.385 e. The van der Waals surface area contributed by atoms with E-state index in [2.05, 4.69) is 16.5 Å². The summed E-state index contributed by atoms with van der Waals surface area (Å²) in [5, 5.41) is 18.2. The van der Waals surface area contributed by atoms with Gasteiger partial charge in [-0.1, -0.05) is 12.1 Å². The smallest absolute Gasteiger partial charge is 0.278 e. The molecule has 1 heterocycles. The van der Waals surface area contributed by atoms with E-state index in [9.17, 15) is 10.1 Å². The van der Waals surface area contributed by atoms with E-state index in [0.717, 1.165) is 12.2 Å². The second-order valence-corrected chi connectivity index (χ2v) is 5.12. The first-order valence-electron chi connectivity index (χ1n) is 7.02. The molecule has 0 spiro atoms. The average molecular weight is 297 g/mol. The van der Waals surface area contributed by atoms with E-state index in [1.807, 2.05) is 31.2 Å². The van der Waals surface area contributed by atoms with Crippen LogP contribution in [-0.4, -0.2) is 49.3 Å². The zero-order valence-corrected chi connectivity index (χ0v) is 13.2. The van der Waals surface area contributed by atoms with Gasteiger partial charge in [0.1, 0.15) is 11.6 Å². The van der Waals surface area contributed by atoms with Crippen LogP contribution in [0.25, 0.3) is 5.57 Å². The highest BCUT2D eigenvalue weighted by Crippen LogP contribution is 2.26. The van der Waals surface area contributed by atoms with Gasteiger partial charge in [0.15, 0.2) is 5.84 Å². The molecule has 0 fully saturated rings. The molecule has 0 bridgehead atoms. The molecule has 22 heavy (non-hydrogen) atoms. The van der Waals surface area contributed by atoms with Gasteiger partial charge in [0.25, 0.3) is 5.91 Å². The lowest BCUT2D eigenvalue weighted by Gasteiger charge is -2.13. The fourth-order valence-electron chi connectivity index (χ4n) is 2.25. The molecule has 0 atom stereocenters. The zero-order valence-electron chi connectivity index (χ0n) is 13.2. The van der Waals surface area contributed by atoms with E-state index in [4.69, 9.17) is 0 Å². The molecule has 0 aromatic heterocycles. The van der Waals surface area contributed by atoms with Crippen LogP contribution < -0.4 is 5.32 Å². The van der Waals surface area contributed by atoms with Crippen molar-refractivity contribution in [3.05, 3.63) is 35.4 Å². The Morgan fingerprint density at radius 1 is 1.36 bits per heavy atom. The molecule has 0 unspecified atom stereocenters. The Balaban J connectivity index is 2.52. The predicted octanol–water partition coefficient (Wildman–Crippen LogP) is 1.74. The molecule has 1 N–H and O–H groups in total. The number of rotatable bonds is 3. The Kier molecular flexibility index (Phi) is 4.47. The third-order valence-corrected chi connectivity index (χ3v) is 3.32. The van der Waals surface area contributed by atoms with Gasteiger partial charge in [0.2, 0.25) is 0 Å². The monoisotopic (exact) mass is 297 g/mol. The maximum atomic E-state index is 12.3. The quantitative estimate of drug-likeness (QED) is 0.681. The summed E-state index contributed by atoms with van der Waals surface area (Å²) >= 11 is 0. The van der Waals surface area contributed by atoms with Crippen molar-refractivity contribution in [2.45, 2.75) is 6.92 Å². The third-order valence-electron chi connectivity index (χ3n) is 3.32. The van der Waals surface area contributed by atoms with Crippen molar-refractivity contribution in [3.8, 4) is 6.07 Å². The second-order valence-electron chi connectivity index (χ2n) is 5.12. The Hall–Kier alpha value is -2.81. The number of amides is 1. The van der Waals surface area contributed by atoms with Crippen molar-refractivity contribution in [3.63, 3.8) is 0 Å². The maximum absolute atomic E-state index is 12.3. The normalized spacial score (nSPS) is 16.2. The standard InChI is InChI=1S/C16H19N5O/c1-5-18-12-8-6-11(7-9-12)13(10-17)14-15(20(2)3)19-21(4)16(14)22/h6-9,18H,5H2,1-4H3. The summed E-state index contributed by atoms with van der Waals surface area (Å²) in [4.78, 5) is 14.1. The molecular weight excluding hydrogens is 278 g/mol. The Morgan fingerprint density at radius 3 is 2.50 bits per heavy atom. The van der Waals surface area contributed by atoms with E-state index in [1.165, 1.54) is 5.01 Å². The minimum absolute atomic E-state index is 0.268. The van der Waals surface area contributed by atoms with Crippen molar-refractivity contribution in [1.29, 1.82) is 5.26 Å². The van der Waals surface area contributed by atoms with Gasteiger partial charge in [0, 0.05) is 33.4 Å². The van der Waals surface area contributed by atoms with Crippen LogP contribution in [0.5, 0.6) is 0 Å². The van der Waals surface area contributed by atoms with Gasteiger partial charge in [-0.05, 0) is 24.6 Å². The van der Waals surface area contributed by atoms with E-state index >= 15 is 0 Å². The maximum Gasteiger partial charge on any atom is 0.278 e. The molecule has 1 aliphatic heterocycles. The van der Waals surface area contributed by atoms with Gasteiger partial charge in [-0.15, -0.1) is 0 Å². The van der Waals surface area contributed by atoms with Gasteiger partial charge in [-0.3, -0.25) is 4.79 Å². The molecule has 1 amide bonds. The molecule has 6 heteroatoms. The van der Waals surface area contributed by atoms with Crippen LogP contribution in [0, 0.1) is 11.3 Å². The average Bonchev–Trinajstić information content (AvgIpc) is 2.79. The van der Waals surface area contributed by atoms with E-state index in [-0.39, 0.29) is 5.91 Å². The van der Waals surface area contributed by atoms with Gasteiger partial charge in [-0.2, -0.15) is 10.4 Å². The number of nitrogens with one attached hydrogen (secondary N) is 1. The molecule has 0 saturated heterocycles. The van der Waals surface area contributed by atoms with Crippen LogP contribution in [0.4, 0.5) is 5.69 Å². The highest BCUT2D eigenvalue weighted by molar-refractivity contribution is 6.29. The van der Waals surface area contributed by atoms with E-state index < -0.39 is 0 Å². The number of amidine groups is 1. The number of hydrogen-bond donors (Lipinski definition) is 1. The minimum atomic E-state index is -0.268. The van der Waals surface area contributed by atoms with Crippen molar-refractivity contribution in [2.24, 2.45) is 5.10 Å². The van der Waals surface area contributed by atoms with Crippen LogP contribution >= 0.6 is 0 Å². The van der Waals surface area contributed by atoms with Crippen LogP contribution in [0.2, 0.25) is 0 Å². The summed E-state index contributed by atoms with van der Waals surface area (Å²) in [7, 11) is 5.19. The fourth-order valence-corrected chi connectivity index (χ4v) is 2.25. The topological polar surface area (TPSA) is 71.7 Å². The number of hydrogen-bond acceptors (Lipinski definition) is 5. The highest BCUT2D eigenvalue weighted by atomic mass is 16.2. The Morgan fingerprint density at radius 2 is 2.00 bits per heavy atom. The molecule has 1 aliphatic rings. The Labute approximate surface area is 130 Å². The third kappa shape index (κ3) is 2.79. The van der Waals surface area contributed by atoms with Crippen LogP contribution in [0.3, 0.4) is 0 Å². The molecular formula is C16H19N5O. The Bertz CT molecular complexity index is 679. The first kappa shape index (κ1) is 15.6. The van der Waals surface area contributed by atoms with Crippen LogP contribution in [0.15, 0.2) is 34.9 Å². The zero-order chi connectivity index (χ0) is 16.3. The number of allylic oxidation sites excluding steroid dienone is 1. The molecule has 0 aliphatic carbocycles. The highest BCUT2D eigenvalue weighted by Gasteiger charge is 2.32. The number of nitrogens with zero attached hydrogens (tertiary/aromatic N) is 4. The second kappa shape index (κ2) is 6.31. The summed E-state index contributed by atoms with van der Waals surface area (Å²) in [5.74, 6) is 0.232. The number of nitriles is 1. The number of likely N-dealkylation sites (N-methyl/N-ethyl adjacent to an activating group) is 2. The number of benzene rings is 1. The molecule has 0 saturated carbocycles. The first-order chi connectivity index (χ1) is 10.5. The van der Waals surface area contributed by atoms with Crippen molar-refractivity contribution in [1.82, 2.24) is 9.91 Å². The van der Waals surface area contributed by atoms with Crippen LogP contribution in [-0.2, 0) is 4.79 Å². The van der Waals surface area contributed by atoms with Crippen molar-refractivity contribution in [2.75, 3.05) is 33.0 Å².